The molecule has 0 saturated heterocycles. The quantitative estimate of drug-likeness (QED) is 0.303. The van der Waals surface area contributed by atoms with Gasteiger partial charge in [-0.15, -0.1) is 0 Å². The topological polar surface area (TPSA) is 165 Å². The Morgan fingerprint density at radius 1 is 1.12 bits per heavy atom. The second-order valence-corrected chi connectivity index (χ2v) is 6.67. The molecule has 3 amide bonds. The first-order chi connectivity index (χ1) is 11.1. The number of thioether (sulfide) groups is 1. The molecule has 7 N–H and O–H groups in total. The molecule has 0 aliphatic carbocycles. The van der Waals surface area contributed by atoms with Crippen molar-refractivity contribution in [1.82, 2.24) is 10.6 Å². The summed E-state index contributed by atoms with van der Waals surface area (Å²) in [5, 5.41) is 14.0. The molecule has 0 aromatic heterocycles. The molecule has 10 heteroatoms. The van der Waals surface area contributed by atoms with Gasteiger partial charge >= 0.3 is 5.97 Å². The van der Waals surface area contributed by atoms with Gasteiger partial charge in [0, 0.05) is 0 Å². The standard InChI is InChI=1S/C14H26N4O5S/c1-7(2)11(14(22)23)18-13(21)9(4-5-24-3)17-12(20)8(15)6-10(16)19/h7-9,11H,4-6,15H2,1-3H3,(H2,16,19)(H,17,20)(H,18,21)(H,22,23)/t8-,9-,11-/m0/s1. The van der Waals surface area contributed by atoms with Crippen LogP contribution in [0.4, 0.5) is 0 Å². The molecule has 0 saturated carbocycles. The first kappa shape index (κ1) is 22.2. The van der Waals surface area contributed by atoms with Crippen LogP contribution in [0.25, 0.3) is 0 Å². The van der Waals surface area contributed by atoms with E-state index in [9.17, 15) is 19.2 Å². The van der Waals surface area contributed by atoms with Gasteiger partial charge in [-0.1, -0.05) is 13.8 Å². The number of carbonyl (C=O) groups excluding carboxylic acids is 3. The maximum Gasteiger partial charge on any atom is 0.326 e. The van der Waals surface area contributed by atoms with Crippen LogP contribution in [0.2, 0.25) is 0 Å². The van der Waals surface area contributed by atoms with Crippen molar-refractivity contribution in [1.29, 1.82) is 0 Å². The van der Waals surface area contributed by atoms with Crippen LogP contribution < -0.4 is 22.1 Å². The Kier molecular flexibility index (Phi) is 10.0. The first-order valence-electron chi connectivity index (χ1n) is 7.46. The third-order valence-corrected chi connectivity index (χ3v) is 3.88. The van der Waals surface area contributed by atoms with Gasteiger partial charge in [-0.05, 0) is 24.3 Å². The van der Waals surface area contributed by atoms with E-state index in [-0.39, 0.29) is 12.3 Å². The SMILES string of the molecule is CSCC[C@H](NC(=O)[C@@H](N)CC(N)=O)C(=O)N[C@H](C(=O)O)C(C)C. The van der Waals surface area contributed by atoms with Gasteiger partial charge < -0.3 is 27.2 Å². The van der Waals surface area contributed by atoms with E-state index >= 15 is 0 Å². The number of amides is 3. The lowest BCUT2D eigenvalue weighted by Crippen LogP contribution is -2.55. The predicted octanol–water partition coefficient (Wildman–Crippen LogP) is -1.35. The third kappa shape index (κ3) is 8.16. The number of primary amides is 1. The van der Waals surface area contributed by atoms with Crippen molar-refractivity contribution in [2.75, 3.05) is 12.0 Å². The van der Waals surface area contributed by atoms with Crippen molar-refractivity contribution in [3.8, 4) is 0 Å². The van der Waals surface area contributed by atoms with Crippen LogP contribution in [0.5, 0.6) is 0 Å². The van der Waals surface area contributed by atoms with Gasteiger partial charge in [0.25, 0.3) is 0 Å². The Labute approximate surface area is 145 Å². The molecule has 0 aliphatic heterocycles. The predicted molar refractivity (Wildman–Crippen MR) is 91.1 cm³/mol. The first-order valence-corrected chi connectivity index (χ1v) is 8.85. The molecule has 0 bridgehead atoms. The molecule has 0 aromatic rings. The molecule has 138 valence electrons. The Bertz CT molecular complexity index is 472. The lowest BCUT2D eigenvalue weighted by atomic mass is 10.0. The summed E-state index contributed by atoms with van der Waals surface area (Å²) < 4.78 is 0. The van der Waals surface area contributed by atoms with Crippen molar-refractivity contribution in [3.05, 3.63) is 0 Å². The highest BCUT2D eigenvalue weighted by atomic mass is 32.2. The summed E-state index contributed by atoms with van der Waals surface area (Å²) in [5.41, 5.74) is 10.5. The van der Waals surface area contributed by atoms with E-state index in [0.717, 1.165) is 0 Å². The van der Waals surface area contributed by atoms with Crippen molar-refractivity contribution >= 4 is 35.5 Å². The van der Waals surface area contributed by atoms with Crippen molar-refractivity contribution in [2.24, 2.45) is 17.4 Å². The zero-order valence-corrected chi connectivity index (χ0v) is 14.9. The summed E-state index contributed by atoms with van der Waals surface area (Å²) in [6.45, 7) is 3.33. The molecule has 0 spiro atoms. The highest BCUT2D eigenvalue weighted by molar-refractivity contribution is 7.98. The fraction of sp³-hybridized carbons (Fsp3) is 0.714. The zero-order valence-electron chi connectivity index (χ0n) is 14.1. The molecule has 0 heterocycles. The summed E-state index contributed by atoms with van der Waals surface area (Å²) >= 11 is 1.47. The molecule has 0 aromatic carbocycles. The molecule has 9 nitrogen and oxygen atoms in total. The number of nitrogens with one attached hydrogen (secondary N) is 2. The van der Waals surface area contributed by atoms with E-state index in [4.69, 9.17) is 16.6 Å². The molecule has 0 aliphatic rings. The highest BCUT2D eigenvalue weighted by Gasteiger charge is 2.29. The Morgan fingerprint density at radius 3 is 2.12 bits per heavy atom. The van der Waals surface area contributed by atoms with Crippen LogP contribution in [0.1, 0.15) is 26.7 Å². The fourth-order valence-corrected chi connectivity index (χ4v) is 2.33. The molecule has 24 heavy (non-hydrogen) atoms. The average Bonchev–Trinajstić information content (AvgIpc) is 2.46. The number of carboxylic acids is 1. The molecule has 0 unspecified atom stereocenters. The fourth-order valence-electron chi connectivity index (χ4n) is 1.86. The van der Waals surface area contributed by atoms with E-state index in [1.54, 1.807) is 13.8 Å². The lowest BCUT2D eigenvalue weighted by Gasteiger charge is -2.24. The monoisotopic (exact) mass is 362 g/mol. The zero-order chi connectivity index (χ0) is 18.9. The molecule has 0 rings (SSSR count). The Morgan fingerprint density at radius 2 is 1.71 bits per heavy atom. The van der Waals surface area contributed by atoms with Crippen LogP contribution in [0, 0.1) is 5.92 Å². The van der Waals surface area contributed by atoms with Crippen molar-refractivity contribution in [3.63, 3.8) is 0 Å². The van der Waals surface area contributed by atoms with Gasteiger partial charge in [-0.2, -0.15) is 11.8 Å². The third-order valence-electron chi connectivity index (χ3n) is 3.23. The minimum Gasteiger partial charge on any atom is -0.480 e. The van der Waals surface area contributed by atoms with Crippen LogP contribution in [-0.2, 0) is 19.2 Å². The van der Waals surface area contributed by atoms with E-state index in [0.29, 0.717) is 12.2 Å². The van der Waals surface area contributed by atoms with Crippen LogP contribution in [-0.4, -0.2) is 58.9 Å². The van der Waals surface area contributed by atoms with Gasteiger partial charge in [-0.3, -0.25) is 14.4 Å². The molecular formula is C14H26N4O5S. The number of hydrogen-bond acceptors (Lipinski definition) is 6. The number of carbonyl (C=O) groups is 4. The molecule has 0 fully saturated rings. The summed E-state index contributed by atoms with van der Waals surface area (Å²) in [7, 11) is 0. The van der Waals surface area contributed by atoms with Gasteiger partial charge in [-0.25, -0.2) is 4.79 Å². The molecule has 0 radical (unpaired) electrons. The molecular weight excluding hydrogens is 336 g/mol. The Balaban J connectivity index is 4.97. The number of hydrogen-bond donors (Lipinski definition) is 5. The summed E-state index contributed by atoms with van der Waals surface area (Å²) in [6, 6.07) is -3.16. The van der Waals surface area contributed by atoms with Crippen LogP contribution >= 0.6 is 11.8 Å². The summed E-state index contributed by atoms with van der Waals surface area (Å²) in [5.74, 6) is -2.92. The largest absolute Gasteiger partial charge is 0.480 e. The highest BCUT2D eigenvalue weighted by Crippen LogP contribution is 2.06. The normalized spacial score (nSPS) is 14.5. The van der Waals surface area contributed by atoms with E-state index in [1.807, 2.05) is 6.26 Å². The van der Waals surface area contributed by atoms with Gasteiger partial charge in [0.2, 0.25) is 17.7 Å². The smallest absolute Gasteiger partial charge is 0.326 e. The Hall–Kier alpha value is -1.81. The van der Waals surface area contributed by atoms with E-state index < -0.39 is 41.8 Å². The minimum absolute atomic E-state index is 0.298. The second kappa shape index (κ2) is 10.9. The summed E-state index contributed by atoms with van der Waals surface area (Å²) in [4.78, 5) is 46.3. The second-order valence-electron chi connectivity index (χ2n) is 5.69. The van der Waals surface area contributed by atoms with Gasteiger partial charge in [0.05, 0.1) is 12.5 Å². The van der Waals surface area contributed by atoms with Gasteiger partial charge in [0.15, 0.2) is 0 Å². The number of nitrogens with two attached hydrogens (primary N) is 2. The molecule has 3 atom stereocenters. The van der Waals surface area contributed by atoms with Crippen LogP contribution in [0.3, 0.4) is 0 Å². The maximum absolute atomic E-state index is 12.3. The average molecular weight is 362 g/mol. The number of rotatable bonds is 11. The van der Waals surface area contributed by atoms with Crippen molar-refractivity contribution < 1.29 is 24.3 Å². The minimum atomic E-state index is -1.16. The van der Waals surface area contributed by atoms with E-state index in [1.165, 1.54) is 11.8 Å². The van der Waals surface area contributed by atoms with Crippen LogP contribution in [0.15, 0.2) is 0 Å². The lowest BCUT2D eigenvalue weighted by molar-refractivity contribution is -0.143. The summed E-state index contributed by atoms with van der Waals surface area (Å²) in [6.07, 6.45) is 1.79. The van der Waals surface area contributed by atoms with Gasteiger partial charge in [0.1, 0.15) is 12.1 Å². The van der Waals surface area contributed by atoms with E-state index in [2.05, 4.69) is 10.6 Å². The number of aliphatic carboxylic acids is 1. The maximum atomic E-state index is 12.3. The van der Waals surface area contributed by atoms with Crippen molar-refractivity contribution in [2.45, 2.75) is 44.8 Å². The number of carboxylic acid groups (broad SMARTS) is 1.